The lowest BCUT2D eigenvalue weighted by Gasteiger charge is -2.10. The number of hydrogen-bond donors (Lipinski definition) is 2. The fourth-order valence-electron chi connectivity index (χ4n) is 2.15. The van der Waals surface area contributed by atoms with Crippen molar-refractivity contribution >= 4 is 27.5 Å². The highest BCUT2D eigenvalue weighted by Gasteiger charge is 2.11. The van der Waals surface area contributed by atoms with Crippen LogP contribution in [0.5, 0.6) is 0 Å². The van der Waals surface area contributed by atoms with Crippen LogP contribution in [0.15, 0.2) is 36.9 Å². The van der Waals surface area contributed by atoms with Crippen molar-refractivity contribution in [3.8, 4) is 11.6 Å². The van der Waals surface area contributed by atoms with E-state index >= 15 is 0 Å². The van der Waals surface area contributed by atoms with Crippen molar-refractivity contribution in [2.24, 2.45) is 0 Å². The first-order valence-electron chi connectivity index (χ1n) is 7.37. The molecule has 0 saturated carbocycles. The van der Waals surface area contributed by atoms with Gasteiger partial charge in [0.05, 0.1) is 12.1 Å². The molecule has 9 heteroatoms. The smallest absolute Gasteiger partial charge is 0.200 e. The third-order valence-corrected chi connectivity index (χ3v) is 4.54. The van der Waals surface area contributed by atoms with Crippen LogP contribution in [0.3, 0.4) is 0 Å². The topological polar surface area (TPSA) is 114 Å². The van der Waals surface area contributed by atoms with Gasteiger partial charge in [0.1, 0.15) is 18.5 Å². The van der Waals surface area contributed by atoms with Crippen molar-refractivity contribution in [2.45, 2.75) is 0 Å². The number of nitrogens with zero attached hydrogens (tertiary/aromatic N) is 5. The number of benzene rings is 1. The third kappa shape index (κ3) is 3.87. The molecule has 1 aromatic carbocycles. The summed E-state index contributed by atoms with van der Waals surface area (Å²) in [7, 11) is -1.06. The average molecular weight is 344 g/mol. The van der Waals surface area contributed by atoms with Gasteiger partial charge in [-0.2, -0.15) is 0 Å². The lowest BCUT2D eigenvalue weighted by atomic mass is 10.2. The van der Waals surface area contributed by atoms with Gasteiger partial charge in [0, 0.05) is 34.2 Å². The third-order valence-electron chi connectivity index (χ3n) is 3.24. The summed E-state index contributed by atoms with van der Waals surface area (Å²) in [5.41, 5.74) is 0.766. The molecule has 0 aliphatic carbocycles. The lowest BCUT2D eigenvalue weighted by molar-refractivity contribution is 0.321. The fourth-order valence-corrected chi connectivity index (χ4v) is 2.89. The van der Waals surface area contributed by atoms with Gasteiger partial charge in [0.25, 0.3) is 0 Å². The van der Waals surface area contributed by atoms with E-state index < -0.39 is 10.8 Å². The second-order valence-electron chi connectivity index (χ2n) is 4.87. The largest absolute Gasteiger partial charge is 0.395 e. The van der Waals surface area contributed by atoms with E-state index in [1.807, 2.05) is 24.3 Å². The van der Waals surface area contributed by atoms with Gasteiger partial charge in [-0.15, -0.1) is 0 Å². The van der Waals surface area contributed by atoms with Gasteiger partial charge >= 0.3 is 0 Å². The van der Waals surface area contributed by atoms with Crippen LogP contribution in [0.4, 0.5) is 5.82 Å². The molecule has 0 aliphatic rings. The van der Waals surface area contributed by atoms with Gasteiger partial charge in [-0.05, 0) is 12.1 Å². The van der Waals surface area contributed by atoms with E-state index in [0.717, 1.165) is 10.9 Å². The lowest BCUT2D eigenvalue weighted by Crippen LogP contribution is -2.15. The highest BCUT2D eigenvalue weighted by molar-refractivity contribution is 7.85. The predicted octanol–water partition coefficient (Wildman–Crippen LogP) is 0.635. The van der Waals surface area contributed by atoms with E-state index in [-0.39, 0.29) is 12.4 Å². The van der Waals surface area contributed by atoms with Crippen LogP contribution in [0, 0.1) is 0 Å². The van der Waals surface area contributed by atoms with Gasteiger partial charge in [0.15, 0.2) is 5.82 Å². The fraction of sp³-hybridized carbons (Fsp3) is 0.267. The zero-order chi connectivity index (χ0) is 16.8. The molecule has 0 amide bonds. The monoisotopic (exact) mass is 344 g/mol. The Kier molecular flexibility index (Phi) is 5.34. The molecule has 3 rings (SSSR count). The summed E-state index contributed by atoms with van der Waals surface area (Å²) in [5, 5.41) is 12.9. The molecule has 0 radical (unpaired) electrons. The van der Waals surface area contributed by atoms with Crippen molar-refractivity contribution in [2.75, 3.05) is 30.0 Å². The summed E-state index contributed by atoms with van der Waals surface area (Å²) in [6, 6.07) is 7.60. The second kappa shape index (κ2) is 7.84. The first-order chi connectivity index (χ1) is 11.8. The first kappa shape index (κ1) is 16.3. The Labute approximate surface area is 140 Å². The van der Waals surface area contributed by atoms with E-state index in [4.69, 9.17) is 5.11 Å². The van der Waals surface area contributed by atoms with Crippen LogP contribution in [0.25, 0.3) is 22.6 Å². The maximum absolute atomic E-state index is 11.6. The molecule has 1 atom stereocenters. The zero-order valence-corrected chi connectivity index (χ0v) is 13.6. The van der Waals surface area contributed by atoms with E-state index in [1.54, 1.807) is 0 Å². The number of aromatic nitrogens is 5. The molecular weight excluding hydrogens is 328 g/mol. The van der Waals surface area contributed by atoms with Crippen molar-refractivity contribution < 1.29 is 9.32 Å². The molecule has 0 spiro atoms. The number of nitrogens with one attached hydrogen (secondary N) is 1. The maximum atomic E-state index is 11.6. The zero-order valence-electron chi connectivity index (χ0n) is 12.8. The molecule has 2 N–H and O–H groups in total. The summed E-state index contributed by atoms with van der Waals surface area (Å²) in [6.45, 7) is 0.400. The summed E-state index contributed by atoms with van der Waals surface area (Å²) >= 11 is 0. The molecule has 2 aromatic heterocycles. The quantitative estimate of drug-likeness (QED) is 0.642. The molecule has 3 aromatic rings. The molecule has 0 bridgehead atoms. The number of aliphatic hydroxyl groups is 1. The van der Waals surface area contributed by atoms with Crippen LogP contribution in [0.2, 0.25) is 0 Å². The summed E-state index contributed by atoms with van der Waals surface area (Å²) < 4.78 is 11.6. The van der Waals surface area contributed by atoms with Crippen molar-refractivity contribution in [1.82, 2.24) is 24.9 Å². The molecule has 0 aliphatic heterocycles. The minimum absolute atomic E-state index is 0.0768. The van der Waals surface area contributed by atoms with Crippen molar-refractivity contribution in [3.63, 3.8) is 0 Å². The van der Waals surface area contributed by atoms with Gasteiger partial charge in [-0.25, -0.2) is 24.9 Å². The number of hydrogen-bond acceptors (Lipinski definition) is 8. The number of para-hydroxylation sites is 1. The Hall–Kier alpha value is -2.52. The Morgan fingerprint density at radius 1 is 1.04 bits per heavy atom. The first-order valence-corrected chi connectivity index (χ1v) is 8.85. The van der Waals surface area contributed by atoms with Gasteiger partial charge < -0.3 is 10.4 Å². The minimum atomic E-state index is -1.06. The average Bonchev–Trinajstić information content (AvgIpc) is 2.62. The summed E-state index contributed by atoms with van der Waals surface area (Å²) in [6.07, 6.45) is 2.79. The molecule has 124 valence electrons. The van der Waals surface area contributed by atoms with Gasteiger partial charge in [-0.1, -0.05) is 12.1 Å². The number of rotatable bonds is 7. The number of fused-ring (bicyclic) bond motifs is 1. The Morgan fingerprint density at radius 2 is 1.83 bits per heavy atom. The normalized spacial score (nSPS) is 12.2. The van der Waals surface area contributed by atoms with Crippen LogP contribution >= 0.6 is 0 Å². The predicted molar refractivity (Wildman–Crippen MR) is 91.8 cm³/mol. The highest BCUT2D eigenvalue weighted by Crippen LogP contribution is 2.22. The van der Waals surface area contributed by atoms with E-state index in [9.17, 15) is 4.21 Å². The van der Waals surface area contributed by atoms with Crippen molar-refractivity contribution in [1.29, 1.82) is 0 Å². The Balaban J connectivity index is 1.89. The molecule has 1 unspecified atom stereocenters. The van der Waals surface area contributed by atoms with Crippen LogP contribution in [-0.2, 0) is 10.8 Å². The minimum Gasteiger partial charge on any atom is -0.395 e. The van der Waals surface area contributed by atoms with E-state index in [1.165, 1.54) is 12.7 Å². The molecule has 24 heavy (non-hydrogen) atoms. The standard InChI is InChI=1S/C15H16N6O2S/c22-6-8-24(23)7-5-17-13-11-3-1-2-4-12(11)20-15(21-13)14-18-9-16-10-19-14/h1-4,9-10,22H,5-8H2,(H,17,20,21). The van der Waals surface area contributed by atoms with Crippen LogP contribution < -0.4 is 5.32 Å². The number of anilines is 1. The molecule has 2 heterocycles. The molecule has 0 saturated heterocycles. The van der Waals surface area contributed by atoms with Gasteiger partial charge in [0.2, 0.25) is 5.82 Å². The molecular formula is C15H16N6O2S. The maximum Gasteiger partial charge on any atom is 0.200 e. The van der Waals surface area contributed by atoms with Crippen molar-refractivity contribution in [3.05, 3.63) is 36.9 Å². The van der Waals surface area contributed by atoms with Crippen LogP contribution in [0.1, 0.15) is 0 Å². The van der Waals surface area contributed by atoms with E-state index in [0.29, 0.717) is 29.8 Å². The Bertz CT molecular complexity index is 846. The summed E-state index contributed by atoms with van der Waals surface area (Å²) in [5.74, 6) is 2.14. The molecule has 8 nitrogen and oxygen atoms in total. The Morgan fingerprint density at radius 3 is 2.62 bits per heavy atom. The number of aliphatic hydroxyl groups excluding tert-OH is 1. The highest BCUT2D eigenvalue weighted by atomic mass is 32.2. The summed E-state index contributed by atoms with van der Waals surface area (Å²) in [4.78, 5) is 20.9. The van der Waals surface area contributed by atoms with E-state index in [2.05, 4.69) is 30.2 Å². The van der Waals surface area contributed by atoms with Crippen LogP contribution in [-0.4, -0.2) is 58.9 Å². The van der Waals surface area contributed by atoms with Gasteiger partial charge in [-0.3, -0.25) is 4.21 Å². The SMILES string of the molecule is O=S(CCO)CCNc1nc(-c2ncncn2)nc2ccccc12. The second-order valence-corrected chi connectivity index (χ2v) is 6.57. The molecule has 0 fully saturated rings.